The first-order chi connectivity index (χ1) is 11.5. The number of benzene rings is 1. The predicted octanol–water partition coefficient (Wildman–Crippen LogP) is 1.26. The third-order valence-electron chi connectivity index (χ3n) is 4.85. The summed E-state index contributed by atoms with van der Waals surface area (Å²) in [5.41, 5.74) is 0.832. The highest BCUT2D eigenvalue weighted by Gasteiger charge is 2.40. The first kappa shape index (κ1) is 16.8. The molecule has 1 aromatic rings. The van der Waals surface area contributed by atoms with Crippen molar-refractivity contribution in [3.63, 3.8) is 0 Å². The van der Waals surface area contributed by atoms with Crippen molar-refractivity contribution in [3.8, 4) is 0 Å². The summed E-state index contributed by atoms with van der Waals surface area (Å²) in [4.78, 5) is 28.8. The molecule has 130 valence electrons. The van der Waals surface area contributed by atoms with Crippen molar-refractivity contribution in [2.75, 3.05) is 44.7 Å². The van der Waals surface area contributed by atoms with Crippen molar-refractivity contribution in [3.05, 3.63) is 29.8 Å². The number of nitrogens with zero attached hydrogens (tertiary/aromatic N) is 2. The maximum Gasteiger partial charge on any atom is 0.254 e. The Morgan fingerprint density at radius 3 is 2.42 bits per heavy atom. The summed E-state index contributed by atoms with van der Waals surface area (Å²) in [6, 6.07) is 7.78. The molecule has 3 rings (SSSR count). The number of anilines is 1. The highest BCUT2D eigenvalue weighted by atomic mass is 16.5. The van der Waals surface area contributed by atoms with Crippen LogP contribution in [0, 0.1) is 0 Å². The number of rotatable bonds is 3. The molecule has 2 heterocycles. The van der Waals surface area contributed by atoms with E-state index in [2.05, 4.69) is 10.2 Å². The molecule has 0 saturated carbocycles. The average Bonchev–Trinajstić information content (AvgIpc) is 3.15. The maximum absolute atomic E-state index is 12.8. The Morgan fingerprint density at radius 2 is 1.79 bits per heavy atom. The van der Waals surface area contributed by atoms with Crippen LogP contribution in [0.25, 0.3) is 0 Å². The summed E-state index contributed by atoms with van der Waals surface area (Å²) in [7, 11) is 1.58. The van der Waals surface area contributed by atoms with Crippen molar-refractivity contribution in [2.24, 2.45) is 0 Å². The highest BCUT2D eigenvalue weighted by molar-refractivity contribution is 5.95. The van der Waals surface area contributed by atoms with Crippen molar-refractivity contribution in [1.29, 1.82) is 0 Å². The minimum Gasteiger partial charge on any atom is -0.372 e. The summed E-state index contributed by atoms with van der Waals surface area (Å²) in [6.07, 6.45) is 2.46. The van der Waals surface area contributed by atoms with Gasteiger partial charge in [-0.3, -0.25) is 9.59 Å². The minimum atomic E-state index is -0.988. The van der Waals surface area contributed by atoms with Gasteiger partial charge < -0.3 is 19.9 Å². The van der Waals surface area contributed by atoms with Crippen molar-refractivity contribution >= 4 is 17.5 Å². The molecule has 24 heavy (non-hydrogen) atoms. The first-order valence-corrected chi connectivity index (χ1v) is 8.54. The van der Waals surface area contributed by atoms with Gasteiger partial charge in [0.15, 0.2) is 5.60 Å². The van der Waals surface area contributed by atoms with Crippen molar-refractivity contribution < 1.29 is 14.3 Å². The number of likely N-dealkylation sites (N-methyl/N-ethyl adjacent to an activating group) is 1. The predicted molar refractivity (Wildman–Crippen MR) is 92.2 cm³/mol. The lowest BCUT2D eigenvalue weighted by Crippen LogP contribution is -2.58. The van der Waals surface area contributed by atoms with E-state index < -0.39 is 5.60 Å². The number of morpholine rings is 1. The third kappa shape index (κ3) is 3.24. The van der Waals surface area contributed by atoms with Crippen LogP contribution >= 0.6 is 0 Å². The zero-order valence-corrected chi connectivity index (χ0v) is 14.4. The largest absolute Gasteiger partial charge is 0.372 e. The molecule has 0 radical (unpaired) electrons. The summed E-state index contributed by atoms with van der Waals surface area (Å²) in [6.45, 7) is 5.02. The number of amides is 2. The molecule has 2 fully saturated rings. The molecule has 0 bridgehead atoms. The van der Waals surface area contributed by atoms with E-state index in [0.29, 0.717) is 18.7 Å². The molecular formula is C18H25N3O3. The molecule has 2 amide bonds. The molecule has 1 N–H and O–H groups in total. The zero-order chi connectivity index (χ0) is 17.2. The summed E-state index contributed by atoms with van der Waals surface area (Å²) >= 11 is 0. The van der Waals surface area contributed by atoms with E-state index in [1.54, 1.807) is 18.9 Å². The average molecular weight is 331 g/mol. The molecule has 0 aliphatic carbocycles. The van der Waals surface area contributed by atoms with Gasteiger partial charge in [-0.25, -0.2) is 0 Å². The fraction of sp³-hybridized carbons (Fsp3) is 0.556. The lowest BCUT2D eigenvalue weighted by atomic mass is 10.0. The molecule has 2 saturated heterocycles. The number of nitrogens with one attached hydrogen (secondary N) is 1. The maximum atomic E-state index is 12.8. The molecular weight excluding hydrogens is 306 g/mol. The summed E-state index contributed by atoms with van der Waals surface area (Å²) in [5, 5.41) is 2.61. The van der Waals surface area contributed by atoms with Crippen LogP contribution in [0.2, 0.25) is 0 Å². The fourth-order valence-electron chi connectivity index (χ4n) is 3.42. The lowest BCUT2D eigenvalue weighted by Gasteiger charge is -2.39. The van der Waals surface area contributed by atoms with Crippen LogP contribution < -0.4 is 10.2 Å². The Morgan fingerprint density at radius 1 is 1.12 bits per heavy atom. The second kappa shape index (κ2) is 6.81. The molecule has 2 aliphatic heterocycles. The second-order valence-electron chi connectivity index (χ2n) is 6.63. The van der Waals surface area contributed by atoms with Gasteiger partial charge in [-0.15, -0.1) is 0 Å². The number of ether oxygens (including phenoxy) is 1. The topological polar surface area (TPSA) is 61.9 Å². The van der Waals surface area contributed by atoms with Gasteiger partial charge in [-0.2, -0.15) is 0 Å². The van der Waals surface area contributed by atoms with Crippen LogP contribution in [0.5, 0.6) is 0 Å². The Labute approximate surface area is 142 Å². The standard InChI is InChI=1S/C18H25N3O3/c1-18(17(23)19-2)13-21(11-12-24-18)16(22)14-5-7-15(8-6-14)20-9-3-4-10-20/h5-8H,3-4,9-13H2,1-2H3,(H,19,23). The van der Waals surface area contributed by atoms with Gasteiger partial charge in [0.2, 0.25) is 0 Å². The van der Waals surface area contributed by atoms with Crippen LogP contribution in [0.1, 0.15) is 30.1 Å². The Kier molecular flexibility index (Phi) is 4.76. The van der Waals surface area contributed by atoms with Gasteiger partial charge in [0.05, 0.1) is 13.2 Å². The van der Waals surface area contributed by atoms with Gasteiger partial charge in [0.25, 0.3) is 11.8 Å². The molecule has 1 unspecified atom stereocenters. The highest BCUT2D eigenvalue weighted by Crippen LogP contribution is 2.23. The minimum absolute atomic E-state index is 0.0543. The Balaban J connectivity index is 1.70. The summed E-state index contributed by atoms with van der Waals surface area (Å²) < 4.78 is 5.61. The van der Waals surface area contributed by atoms with Gasteiger partial charge in [0.1, 0.15) is 0 Å². The fourth-order valence-corrected chi connectivity index (χ4v) is 3.42. The quantitative estimate of drug-likeness (QED) is 0.906. The van der Waals surface area contributed by atoms with Crippen molar-refractivity contribution in [1.82, 2.24) is 10.2 Å². The zero-order valence-electron chi connectivity index (χ0n) is 14.4. The van der Waals surface area contributed by atoms with Crippen molar-refractivity contribution in [2.45, 2.75) is 25.4 Å². The normalized spacial score (nSPS) is 24.1. The monoisotopic (exact) mass is 331 g/mol. The van der Waals surface area contributed by atoms with Gasteiger partial charge in [-0.1, -0.05) is 0 Å². The molecule has 2 aliphatic rings. The van der Waals surface area contributed by atoms with E-state index in [1.807, 2.05) is 24.3 Å². The second-order valence-corrected chi connectivity index (χ2v) is 6.63. The van der Waals surface area contributed by atoms with Crippen LogP contribution in [0.15, 0.2) is 24.3 Å². The molecule has 1 atom stereocenters. The SMILES string of the molecule is CNC(=O)C1(C)CN(C(=O)c2ccc(N3CCCC3)cc2)CCO1. The van der Waals surface area contributed by atoms with Gasteiger partial charge >= 0.3 is 0 Å². The third-order valence-corrected chi connectivity index (χ3v) is 4.85. The Bertz CT molecular complexity index is 610. The van der Waals surface area contributed by atoms with Crippen LogP contribution in [0.3, 0.4) is 0 Å². The van der Waals surface area contributed by atoms with Gasteiger partial charge in [0, 0.05) is 37.9 Å². The molecule has 6 nitrogen and oxygen atoms in total. The molecule has 0 spiro atoms. The molecule has 0 aromatic heterocycles. The Hall–Kier alpha value is -2.08. The molecule has 6 heteroatoms. The van der Waals surface area contributed by atoms with Crippen LogP contribution in [-0.4, -0.2) is 62.1 Å². The van der Waals surface area contributed by atoms with E-state index in [1.165, 1.54) is 18.5 Å². The number of hydrogen-bond donors (Lipinski definition) is 1. The number of carbonyl (C=O) groups excluding carboxylic acids is 2. The van der Waals surface area contributed by atoms with E-state index in [4.69, 9.17) is 4.74 Å². The van der Waals surface area contributed by atoms with Crippen LogP contribution in [-0.2, 0) is 9.53 Å². The smallest absolute Gasteiger partial charge is 0.254 e. The summed E-state index contributed by atoms with van der Waals surface area (Å²) in [5.74, 6) is -0.259. The lowest BCUT2D eigenvalue weighted by molar-refractivity contribution is -0.153. The number of hydrogen-bond acceptors (Lipinski definition) is 4. The molecule has 1 aromatic carbocycles. The van der Waals surface area contributed by atoms with E-state index in [0.717, 1.165) is 13.1 Å². The van der Waals surface area contributed by atoms with Gasteiger partial charge in [-0.05, 0) is 44.0 Å². The first-order valence-electron chi connectivity index (χ1n) is 8.54. The van der Waals surface area contributed by atoms with E-state index >= 15 is 0 Å². The van der Waals surface area contributed by atoms with E-state index in [9.17, 15) is 9.59 Å². The van der Waals surface area contributed by atoms with E-state index in [-0.39, 0.29) is 18.4 Å². The number of carbonyl (C=O) groups is 2. The van der Waals surface area contributed by atoms with Crippen LogP contribution in [0.4, 0.5) is 5.69 Å².